The molecule has 2 aromatic rings. The van der Waals surface area contributed by atoms with Crippen molar-refractivity contribution in [3.05, 3.63) is 52.5 Å². The predicted octanol–water partition coefficient (Wildman–Crippen LogP) is 4.18. The smallest absolute Gasteiger partial charge is 0.208 e. The lowest BCUT2D eigenvalue weighted by molar-refractivity contribution is 0.478. The Morgan fingerprint density at radius 2 is 1.95 bits per heavy atom. The molecule has 1 aliphatic rings. The van der Waals surface area contributed by atoms with Gasteiger partial charge in [-0.15, -0.1) is 16.8 Å². The summed E-state index contributed by atoms with van der Waals surface area (Å²) in [7, 11) is 0. The van der Waals surface area contributed by atoms with Gasteiger partial charge in [0.1, 0.15) is 5.01 Å². The van der Waals surface area contributed by atoms with Crippen LogP contribution in [0.5, 0.6) is 0 Å². The first-order chi connectivity index (χ1) is 10.2. The Hall–Kier alpha value is -1.39. The van der Waals surface area contributed by atoms with E-state index in [1.165, 1.54) is 5.56 Å². The summed E-state index contributed by atoms with van der Waals surface area (Å²) in [6, 6.07) is 7.91. The highest BCUT2D eigenvalue weighted by atomic mass is 35.5. The van der Waals surface area contributed by atoms with Crippen LogP contribution >= 0.6 is 22.9 Å². The van der Waals surface area contributed by atoms with Gasteiger partial charge in [-0.1, -0.05) is 41.1 Å². The van der Waals surface area contributed by atoms with Crippen molar-refractivity contribution in [3.63, 3.8) is 0 Å². The van der Waals surface area contributed by atoms with Crippen LogP contribution in [-0.4, -0.2) is 23.3 Å². The minimum Gasteiger partial charge on any atom is -0.347 e. The Balaban J connectivity index is 1.63. The molecule has 1 aromatic heterocycles. The van der Waals surface area contributed by atoms with Gasteiger partial charge in [-0.25, -0.2) is 0 Å². The number of piperidine rings is 1. The number of nitrogens with zero attached hydrogens (tertiary/aromatic N) is 3. The fourth-order valence-electron chi connectivity index (χ4n) is 2.55. The normalized spacial score (nSPS) is 16.1. The van der Waals surface area contributed by atoms with Gasteiger partial charge in [-0.05, 0) is 36.5 Å². The zero-order chi connectivity index (χ0) is 14.7. The van der Waals surface area contributed by atoms with Crippen LogP contribution in [0.15, 0.2) is 36.9 Å². The molecule has 1 fully saturated rings. The van der Waals surface area contributed by atoms with Crippen LogP contribution in [0.3, 0.4) is 0 Å². The molecule has 0 radical (unpaired) electrons. The summed E-state index contributed by atoms with van der Waals surface area (Å²) in [5.41, 5.74) is 1.22. The first kappa shape index (κ1) is 14.5. The van der Waals surface area contributed by atoms with Crippen LogP contribution in [0, 0.1) is 5.92 Å². The van der Waals surface area contributed by atoms with E-state index in [9.17, 15) is 0 Å². The molecule has 0 spiro atoms. The van der Waals surface area contributed by atoms with Gasteiger partial charge in [0.2, 0.25) is 5.13 Å². The molecule has 0 atom stereocenters. The molecule has 0 aliphatic carbocycles. The van der Waals surface area contributed by atoms with Gasteiger partial charge in [0, 0.05) is 24.5 Å². The SMILES string of the molecule is C=CC1CCN(c2nnc(Cc3ccc(Cl)cc3)s2)CC1. The van der Waals surface area contributed by atoms with Gasteiger partial charge in [-0.3, -0.25) is 0 Å². The maximum atomic E-state index is 5.90. The van der Waals surface area contributed by atoms with Gasteiger partial charge in [-0.2, -0.15) is 0 Å². The number of allylic oxidation sites excluding steroid dienone is 1. The molecule has 1 aliphatic heterocycles. The molecular weight excluding hydrogens is 302 g/mol. The monoisotopic (exact) mass is 319 g/mol. The second-order valence-corrected chi connectivity index (χ2v) is 6.82. The lowest BCUT2D eigenvalue weighted by atomic mass is 9.98. The summed E-state index contributed by atoms with van der Waals surface area (Å²) in [4.78, 5) is 2.34. The third kappa shape index (κ3) is 3.63. The summed E-state index contributed by atoms with van der Waals surface area (Å²) in [5.74, 6) is 0.655. The fourth-order valence-corrected chi connectivity index (χ4v) is 3.60. The minimum absolute atomic E-state index is 0.655. The van der Waals surface area contributed by atoms with Crippen LogP contribution in [0.1, 0.15) is 23.4 Å². The van der Waals surface area contributed by atoms with Crippen LogP contribution in [0.2, 0.25) is 5.02 Å². The molecule has 1 saturated heterocycles. The fraction of sp³-hybridized carbons (Fsp3) is 0.375. The molecule has 3 rings (SSSR count). The van der Waals surface area contributed by atoms with Crippen LogP contribution < -0.4 is 4.90 Å². The molecular formula is C16H18ClN3S. The van der Waals surface area contributed by atoms with Crippen molar-refractivity contribution in [1.82, 2.24) is 10.2 Å². The zero-order valence-corrected chi connectivity index (χ0v) is 13.4. The maximum Gasteiger partial charge on any atom is 0.208 e. The molecule has 0 unspecified atom stereocenters. The maximum absolute atomic E-state index is 5.90. The highest BCUT2D eigenvalue weighted by Gasteiger charge is 2.20. The first-order valence-corrected chi connectivity index (χ1v) is 8.38. The summed E-state index contributed by atoms with van der Waals surface area (Å²) < 4.78 is 0. The highest BCUT2D eigenvalue weighted by Crippen LogP contribution is 2.27. The summed E-state index contributed by atoms with van der Waals surface area (Å²) in [5, 5.41) is 11.5. The van der Waals surface area contributed by atoms with E-state index in [0.717, 1.165) is 47.5 Å². The van der Waals surface area contributed by atoms with Crippen LogP contribution in [-0.2, 0) is 6.42 Å². The average molecular weight is 320 g/mol. The van der Waals surface area contributed by atoms with E-state index in [4.69, 9.17) is 11.6 Å². The Labute approximate surface area is 134 Å². The van der Waals surface area contributed by atoms with E-state index >= 15 is 0 Å². The lowest BCUT2D eigenvalue weighted by Crippen LogP contribution is -2.32. The van der Waals surface area contributed by atoms with Crippen molar-refractivity contribution in [2.75, 3.05) is 18.0 Å². The van der Waals surface area contributed by atoms with Crippen molar-refractivity contribution < 1.29 is 0 Å². The molecule has 3 nitrogen and oxygen atoms in total. The van der Waals surface area contributed by atoms with Crippen molar-refractivity contribution in [2.45, 2.75) is 19.3 Å². The van der Waals surface area contributed by atoms with Crippen LogP contribution in [0.25, 0.3) is 0 Å². The Morgan fingerprint density at radius 1 is 1.24 bits per heavy atom. The molecule has 0 bridgehead atoms. The van der Waals surface area contributed by atoms with Crippen molar-refractivity contribution in [2.24, 2.45) is 5.92 Å². The van der Waals surface area contributed by atoms with Crippen molar-refractivity contribution >= 4 is 28.1 Å². The number of anilines is 1. The number of hydrogen-bond donors (Lipinski definition) is 0. The number of rotatable bonds is 4. The molecule has 2 heterocycles. The summed E-state index contributed by atoms with van der Waals surface area (Å²) in [6.07, 6.45) is 5.21. The predicted molar refractivity (Wildman–Crippen MR) is 89.3 cm³/mol. The van der Waals surface area contributed by atoms with E-state index in [0.29, 0.717) is 5.92 Å². The lowest BCUT2D eigenvalue weighted by Gasteiger charge is -2.29. The molecule has 110 valence electrons. The quantitative estimate of drug-likeness (QED) is 0.791. The standard InChI is InChI=1S/C16H18ClN3S/c1-2-12-7-9-20(10-8-12)16-19-18-15(21-16)11-13-3-5-14(17)6-4-13/h2-6,12H,1,7-11H2. The first-order valence-electron chi connectivity index (χ1n) is 7.19. The summed E-state index contributed by atoms with van der Waals surface area (Å²) in [6.45, 7) is 5.98. The largest absolute Gasteiger partial charge is 0.347 e. The third-order valence-corrected chi connectivity index (χ3v) is 5.10. The summed E-state index contributed by atoms with van der Waals surface area (Å²) >= 11 is 7.60. The topological polar surface area (TPSA) is 29.0 Å². The Kier molecular flexibility index (Phi) is 4.56. The van der Waals surface area contributed by atoms with E-state index < -0.39 is 0 Å². The van der Waals surface area contributed by atoms with Gasteiger partial charge >= 0.3 is 0 Å². The Morgan fingerprint density at radius 3 is 2.62 bits per heavy atom. The second kappa shape index (κ2) is 6.58. The number of benzene rings is 1. The van der Waals surface area contributed by atoms with Crippen molar-refractivity contribution in [3.8, 4) is 0 Å². The van der Waals surface area contributed by atoms with E-state index in [1.54, 1.807) is 11.3 Å². The van der Waals surface area contributed by atoms with E-state index in [-0.39, 0.29) is 0 Å². The molecule has 21 heavy (non-hydrogen) atoms. The van der Waals surface area contributed by atoms with E-state index in [2.05, 4.69) is 27.8 Å². The highest BCUT2D eigenvalue weighted by molar-refractivity contribution is 7.15. The van der Waals surface area contributed by atoms with Crippen LogP contribution in [0.4, 0.5) is 5.13 Å². The molecule has 0 N–H and O–H groups in total. The van der Waals surface area contributed by atoms with Gasteiger partial charge in [0.25, 0.3) is 0 Å². The Bertz CT molecular complexity index is 600. The molecule has 0 saturated carbocycles. The number of aromatic nitrogens is 2. The minimum atomic E-state index is 0.655. The average Bonchev–Trinajstić information content (AvgIpc) is 2.98. The number of halogens is 1. The van der Waals surface area contributed by atoms with Gasteiger partial charge in [0.05, 0.1) is 0 Å². The van der Waals surface area contributed by atoms with Gasteiger partial charge in [0.15, 0.2) is 0 Å². The molecule has 5 heteroatoms. The van der Waals surface area contributed by atoms with E-state index in [1.807, 2.05) is 24.3 Å². The molecule has 0 amide bonds. The van der Waals surface area contributed by atoms with Crippen molar-refractivity contribution in [1.29, 1.82) is 0 Å². The zero-order valence-electron chi connectivity index (χ0n) is 11.8. The van der Waals surface area contributed by atoms with Gasteiger partial charge < -0.3 is 4.90 Å². The number of hydrogen-bond acceptors (Lipinski definition) is 4. The molecule has 1 aromatic carbocycles. The third-order valence-electron chi connectivity index (χ3n) is 3.87. The second-order valence-electron chi connectivity index (χ2n) is 5.34.